The maximum absolute atomic E-state index is 12.5. The topological polar surface area (TPSA) is 75.7 Å². The smallest absolute Gasteiger partial charge is 0.318 e. The highest BCUT2D eigenvalue weighted by Gasteiger charge is 2.34. The van der Waals surface area contributed by atoms with Gasteiger partial charge in [0.2, 0.25) is 0 Å². The fraction of sp³-hybridized carbons (Fsp3) is 0.562. The van der Waals surface area contributed by atoms with Crippen LogP contribution in [0.3, 0.4) is 0 Å². The lowest BCUT2D eigenvalue weighted by molar-refractivity contribution is 0.190. The Balaban J connectivity index is 1.67. The van der Waals surface area contributed by atoms with E-state index in [-0.39, 0.29) is 29.6 Å². The molecule has 2 saturated heterocycles. The standard InChI is InChI=1S/C16H22N2O4S/c1-22-14-6-4-12(5-7-14)15-3-2-9-18(15)16(19)17-13-8-10-23(20,21)11-13/h4-7,13,15H,2-3,8-11H2,1H3,(H,17,19). The lowest BCUT2D eigenvalue weighted by Gasteiger charge is -2.27. The molecule has 2 fully saturated rings. The van der Waals surface area contributed by atoms with E-state index >= 15 is 0 Å². The number of carbonyl (C=O) groups is 1. The average molecular weight is 338 g/mol. The van der Waals surface area contributed by atoms with Crippen LogP contribution in [0.2, 0.25) is 0 Å². The SMILES string of the molecule is COc1ccc(C2CCCN2C(=O)NC2CCS(=O)(=O)C2)cc1. The van der Waals surface area contributed by atoms with Gasteiger partial charge in [0.25, 0.3) is 0 Å². The lowest BCUT2D eigenvalue weighted by Crippen LogP contribution is -2.45. The van der Waals surface area contributed by atoms with Crippen molar-refractivity contribution in [3.63, 3.8) is 0 Å². The maximum Gasteiger partial charge on any atom is 0.318 e. The molecule has 6 nitrogen and oxygen atoms in total. The fourth-order valence-electron chi connectivity index (χ4n) is 3.35. The van der Waals surface area contributed by atoms with Crippen molar-refractivity contribution in [1.82, 2.24) is 10.2 Å². The normalized spacial score (nSPS) is 26.2. The summed E-state index contributed by atoms with van der Waals surface area (Å²) in [6.45, 7) is 0.696. The number of rotatable bonds is 3. The van der Waals surface area contributed by atoms with Gasteiger partial charge in [0.1, 0.15) is 5.75 Å². The number of ether oxygens (including phenoxy) is 1. The van der Waals surface area contributed by atoms with Crippen LogP contribution in [-0.2, 0) is 9.84 Å². The van der Waals surface area contributed by atoms with E-state index in [0.717, 1.165) is 24.2 Å². The van der Waals surface area contributed by atoms with E-state index in [0.29, 0.717) is 13.0 Å². The predicted molar refractivity (Wildman–Crippen MR) is 87.3 cm³/mol. The van der Waals surface area contributed by atoms with Crippen molar-refractivity contribution in [2.45, 2.75) is 31.3 Å². The molecule has 2 aliphatic heterocycles. The molecule has 2 heterocycles. The van der Waals surface area contributed by atoms with Crippen molar-refractivity contribution in [1.29, 1.82) is 0 Å². The Morgan fingerprint density at radius 1 is 1.26 bits per heavy atom. The van der Waals surface area contributed by atoms with E-state index in [9.17, 15) is 13.2 Å². The Hall–Kier alpha value is -1.76. The zero-order valence-corrected chi connectivity index (χ0v) is 14.0. The maximum atomic E-state index is 12.5. The van der Waals surface area contributed by atoms with Crippen LogP contribution in [0.4, 0.5) is 4.79 Å². The van der Waals surface area contributed by atoms with Gasteiger partial charge in [0.15, 0.2) is 9.84 Å². The molecular formula is C16H22N2O4S. The second-order valence-electron chi connectivity index (χ2n) is 6.17. The van der Waals surface area contributed by atoms with Gasteiger partial charge < -0.3 is 15.0 Å². The van der Waals surface area contributed by atoms with E-state index in [4.69, 9.17) is 4.74 Å². The first-order valence-corrected chi connectivity index (χ1v) is 9.72. The quantitative estimate of drug-likeness (QED) is 0.911. The highest BCUT2D eigenvalue weighted by atomic mass is 32.2. The molecule has 2 atom stereocenters. The number of benzene rings is 1. The molecule has 2 amide bonds. The summed E-state index contributed by atoms with van der Waals surface area (Å²) in [5, 5.41) is 2.88. The number of likely N-dealkylation sites (tertiary alicyclic amines) is 1. The van der Waals surface area contributed by atoms with Crippen molar-refractivity contribution in [3.8, 4) is 5.75 Å². The molecule has 0 aromatic heterocycles. The van der Waals surface area contributed by atoms with Gasteiger partial charge in [0.05, 0.1) is 24.7 Å². The van der Waals surface area contributed by atoms with Gasteiger partial charge in [0, 0.05) is 12.6 Å². The van der Waals surface area contributed by atoms with E-state index < -0.39 is 9.84 Å². The van der Waals surface area contributed by atoms with E-state index in [1.54, 1.807) is 7.11 Å². The van der Waals surface area contributed by atoms with Gasteiger partial charge >= 0.3 is 6.03 Å². The van der Waals surface area contributed by atoms with Crippen LogP contribution in [0.15, 0.2) is 24.3 Å². The van der Waals surface area contributed by atoms with Crippen molar-refractivity contribution in [2.24, 2.45) is 0 Å². The van der Waals surface area contributed by atoms with Gasteiger partial charge in [-0.2, -0.15) is 0 Å². The number of urea groups is 1. The minimum absolute atomic E-state index is 0.0407. The third kappa shape index (κ3) is 3.60. The molecule has 7 heteroatoms. The molecule has 126 valence electrons. The van der Waals surface area contributed by atoms with Gasteiger partial charge in [-0.15, -0.1) is 0 Å². The first-order chi connectivity index (χ1) is 11.0. The second-order valence-corrected chi connectivity index (χ2v) is 8.40. The molecule has 0 radical (unpaired) electrons. The number of carbonyl (C=O) groups excluding carboxylic acids is 1. The Morgan fingerprint density at radius 2 is 2.00 bits per heavy atom. The summed E-state index contributed by atoms with van der Waals surface area (Å²) in [6, 6.07) is 7.37. The monoisotopic (exact) mass is 338 g/mol. The van der Waals surface area contributed by atoms with Crippen LogP contribution in [-0.4, -0.2) is 50.6 Å². The van der Waals surface area contributed by atoms with Crippen molar-refractivity contribution in [2.75, 3.05) is 25.2 Å². The van der Waals surface area contributed by atoms with Crippen molar-refractivity contribution < 1.29 is 17.9 Å². The van der Waals surface area contributed by atoms with Crippen molar-refractivity contribution in [3.05, 3.63) is 29.8 Å². The molecule has 23 heavy (non-hydrogen) atoms. The molecule has 2 aliphatic rings. The van der Waals surface area contributed by atoms with Gasteiger partial charge in [-0.3, -0.25) is 0 Å². The predicted octanol–water partition coefficient (Wildman–Crippen LogP) is 1.73. The van der Waals surface area contributed by atoms with E-state index in [1.807, 2.05) is 29.2 Å². The summed E-state index contributed by atoms with van der Waals surface area (Å²) in [7, 11) is -1.36. The Kier molecular flexibility index (Phi) is 4.48. The molecule has 0 spiro atoms. The fourth-order valence-corrected chi connectivity index (χ4v) is 5.02. The van der Waals surface area contributed by atoms with Crippen LogP contribution in [0.5, 0.6) is 5.75 Å². The Labute approximate surface area is 136 Å². The molecule has 3 rings (SSSR count). The highest BCUT2D eigenvalue weighted by molar-refractivity contribution is 7.91. The summed E-state index contributed by atoms with van der Waals surface area (Å²) >= 11 is 0. The molecule has 0 bridgehead atoms. The first-order valence-electron chi connectivity index (χ1n) is 7.90. The van der Waals surface area contributed by atoms with E-state index in [1.165, 1.54) is 0 Å². The number of methoxy groups -OCH3 is 1. The van der Waals surface area contributed by atoms with Crippen molar-refractivity contribution >= 4 is 15.9 Å². The minimum atomic E-state index is -2.99. The van der Waals surface area contributed by atoms with Gasteiger partial charge in [-0.25, -0.2) is 13.2 Å². The van der Waals surface area contributed by atoms with Gasteiger partial charge in [-0.05, 0) is 37.0 Å². The van der Waals surface area contributed by atoms with Gasteiger partial charge in [-0.1, -0.05) is 12.1 Å². The summed E-state index contributed by atoms with van der Waals surface area (Å²) < 4.78 is 28.2. The lowest BCUT2D eigenvalue weighted by atomic mass is 10.0. The number of nitrogens with zero attached hydrogens (tertiary/aromatic N) is 1. The number of nitrogens with one attached hydrogen (secondary N) is 1. The zero-order chi connectivity index (χ0) is 16.4. The third-order valence-corrected chi connectivity index (χ3v) is 6.34. The number of amides is 2. The van der Waals surface area contributed by atoms with Crippen LogP contribution >= 0.6 is 0 Å². The number of hydrogen-bond donors (Lipinski definition) is 1. The Morgan fingerprint density at radius 3 is 2.61 bits per heavy atom. The van der Waals surface area contributed by atoms with Crippen LogP contribution < -0.4 is 10.1 Å². The number of sulfone groups is 1. The minimum Gasteiger partial charge on any atom is -0.497 e. The molecule has 2 unspecified atom stereocenters. The number of hydrogen-bond acceptors (Lipinski definition) is 4. The molecule has 1 N–H and O–H groups in total. The summed E-state index contributed by atoms with van der Waals surface area (Å²) in [6.07, 6.45) is 2.38. The molecule has 1 aromatic rings. The second kappa shape index (κ2) is 6.39. The Bertz CT molecular complexity index is 672. The summed E-state index contributed by atoms with van der Waals surface area (Å²) in [5.74, 6) is 1.01. The van der Waals surface area contributed by atoms with Crippen LogP contribution in [0, 0.1) is 0 Å². The highest BCUT2D eigenvalue weighted by Crippen LogP contribution is 2.32. The average Bonchev–Trinajstić information content (AvgIpc) is 3.14. The molecule has 0 saturated carbocycles. The van der Waals surface area contributed by atoms with Crippen LogP contribution in [0.1, 0.15) is 30.9 Å². The molecule has 1 aromatic carbocycles. The van der Waals surface area contributed by atoms with E-state index in [2.05, 4.69) is 5.32 Å². The largest absolute Gasteiger partial charge is 0.497 e. The molecule has 0 aliphatic carbocycles. The summed E-state index contributed by atoms with van der Waals surface area (Å²) in [5.41, 5.74) is 1.08. The molecular weight excluding hydrogens is 316 g/mol. The first kappa shape index (κ1) is 16.1. The van der Waals surface area contributed by atoms with Crippen LogP contribution in [0.25, 0.3) is 0 Å². The third-order valence-electron chi connectivity index (χ3n) is 4.57. The summed E-state index contributed by atoms with van der Waals surface area (Å²) in [4.78, 5) is 14.3. The zero-order valence-electron chi connectivity index (χ0n) is 13.2.